The molecule has 0 saturated heterocycles. The van der Waals surface area contributed by atoms with Gasteiger partial charge in [-0.15, -0.1) is 0 Å². The Balaban J connectivity index is 1.26. The minimum Gasteiger partial charge on any atom is -0.526 e. The van der Waals surface area contributed by atoms with Crippen LogP contribution >= 0.6 is 0 Å². The molecule has 0 aromatic heterocycles. The molecule has 1 radical (unpaired) electrons. The minimum atomic E-state index is -0.939. The highest BCUT2D eigenvalue weighted by molar-refractivity contribution is 6.20. The van der Waals surface area contributed by atoms with Gasteiger partial charge in [-0.25, -0.2) is 9.59 Å². The van der Waals surface area contributed by atoms with Crippen LogP contribution in [0, 0.1) is 0 Å². The van der Waals surface area contributed by atoms with E-state index in [2.05, 4.69) is 0 Å². The van der Waals surface area contributed by atoms with Gasteiger partial charge in [-0.05, 0) is 83.6 Å². The molecule has 0 aliphatic heterocycles. The molecule has 173 valence electrons. The van der Waals surface area contributed by atoms with Crippen molar-refractivity contribution in [2.75, 3.05) is 0 Å². The van der Waals surface area contributed by atoms with Crippen molar-refractivity contribution >= 4 is 19.6 Å². The number of rotatable bonds is 10. The van der Waals surface area contributed by atoms with E-state index in [9.17, 15) is 9.59 Å². The van der Waals surface area contributed by atoms with Crippen LogP contribution in [0.25, 0.3) is 0 Å². The molecule has 4 rings (SSSR count). The van der Waals surface area contributed by atoms with Crippen LogP contribution in [-0.4, -0.2) is 29.8 Å². The smallest absolute Gasteiger partial charge is 0.526 e. The Labute approximate surface area is 203 Å². The van der Waals surface area contributed by atoms with Crippen molar-refractivity contribution in [2.24, 2.45) is 0 Å². The van der Waals surface area contributed by atoms with Gasteiger partial charge in [-0.1, -0.05) is 48.5 Å². The molecule has 0 aliphatic carbocycles. The van der Waals surface area contributed by atoms with Gasteiger partial charge < -0.3 is 19.5 Å². The molecule has 0 spiro atoms. The topological polar surface area (TPSA) is 93.1 Å². The fraction of sp³-hybridized carbons (Fsp3) is 0.0714. The molecule has 4 aromatic rings. The molecule has 35 heavy (non-hydrogen) atoms. The van der Waals surface area contributed by atoms with Gasteiger partial charge in [-0.3, -0.25) is 0 Å². The predicted octanol–water partition coefficient (Wildman–Crippen LogP) is 5.26. The largest absolute Gasteiger partial charge is 0.658 e. The molecule has 0 aliphatic rings. The summed E-state index contributed by atoms with van der Waals surface area (Å²) < 4.78 is 11.1. The molecule has 0 heterocycles. The summed E-state index contributed by atoms with van der Waals surface area (Å²) in [4.78, 5) is 22.3. The standard InChI is InChI=1S/C28H22BO6/c30-27(31)23-5-1-3-21(17-23)15-19-7-11-25(12-8-19)34-29-35-26-13-9-20(10-14-26)16-22-4-2-6-24(18-22)28(32)33/h1-14,17-18H,15-16H2,(H,30,31)(H,32,33). The van der Waals surface area contributed by atoms with Gasteiger partial charge in [0, 0.05) is 0 Å². The molecule has 4 aromatic carbocycles. The number of benzene rings is 4. The van der Waals surface area contributed by atoms with Crippen molar-refractivity contribution in [3.8, 4) is 11.5 Å². The van der Waals surface area contributed by atoms with Crippen molar-refractivity contribution in [3.63, 3.8) is 0 Å². The van der Waals surface area contributed by atoms with E-state index in [1.165, 1.54) is 7.69 Å². The van der Waals surface area contributed by atoms with Crippen molar-refractivity contribution in [3.05, 3.63) is 130 Å². The lowest BCUT2D eigenvalue weighted by Gasteiger charge is -2.09. The third-order valence-corrected chi connectivity index (χ3v) is 5.38. The summed E-state index contributed by atoms with van der Waals surface area (Å²) in [5, 5.41) is 18.3. The lowest BCUT2D eigenvalue weighted by atomic mass is 10.0. The number of carboxylic acids is 2. The van der Waals surface area contributed by atoms with E-state index in [1.54, 1.807) is 36.4 Å². The number of carboxylic acid groups (broad SMARTS) is 2. The van der Waals surface area contributed by atoms with E-state index in [4.69, 9.17) is 19.5 Å². The van der Waals surface area contributed by atoms with Gasteiger partial charge >= 0.3 is 19.6 Å². The Bertz CT molecular complexity index is 1210. The molecular formula is C28H22BO6. The number of hydrogen-bond acceptors (Lipinski definition) is 4. The fourth-order valence-electron chi connectivity index (χ4n) is 3.61. The van der Waals surface area contributed by atoms with E-state index in [0.29, 0.717) is 24.3 Å². The van der Waals surface area contributed by atoms with Crippen LogP contribution in [0.2, 0.25) is 0 Å². The van der Waals surface area contributed by atoms with Crippen LogP contribution in [-0.2, 0) is 12.8 Å². The average molecular weight is 465 g/mol. The zero-order chi connectivity index (χ0) is 24.6. The van der Waals surface area contributed by atoms with E-state index in [0.717, 1.165) is 22.3 Å². The molecular weight excluding hydrogens is 443 g/mol. The van der Waals surface area contributed by atoms with Gasteiger partial charge in [0.2, 0.25) is 0 Å². The SMILES string of the molecule is O=C(O)c1cccc(Cc2ccc(O[B]Oc3ccc(Cc4cccc(C(=O)O)c4)cc3)cc2)c1. The first-order chi connectivity index (χ1) is 17.0. The van der Waals surface area contributed by atoms with Crippen molar-refractivity contribution in [1.29, 1.82) is 0 Å². The average Bonchev–Trinajstić information content (AvgIpc) is 2.86. The monoisotopic (exact) mass is 465 g/mol. The molecule has 0 amide bonds. The molecule has 0 bridgehead atoms. The Hall–Kier alpha value is -4.52. The third kappa shape index (κ3) is 6.74. The molecule has 7 heteroatoms. The third-order valence-electron chi connectivity index (χ3n) is 5.38. The summed E-state index contributed by atoms with van der Waals surface area (Å²) in [6.45, 7) is 0. The lowest BCUT2D eigenvalue weighted by molar-refractivity contribution is 0.0686. The van der Waals surface area contributed by atoms with Crippen LogP contribution in [0.1, 0.15) is 43.0 Å². The summed E-state index contributed by atoms with van der Waals surface area (Å²) in [5.41, 5.74) is 4.46. The maximum absolute atomic E-state index is 11.1. The quantitative estimate of drug-likeness (QED) is 0.311. The molecule has 6 nitrogen and oxygen atoms in total. The summed E-state index contributed by atoms with van der Waals surface area (Å²) in [5.74, 6) is -0.650. The zero-order valence-corrected chi connectivity index (χ0v) is 18.8. The first-order valence-corrected chi connectivity index (χ1v) is 10.9. The van der Waals surface area contributed by atoms with E-state index >= 15 is 0 Å². The second-order valence-corrected chi connectivity index (χ2v) is 7.98. The normalized spacial score (nSPS) is 10.4. The summed E-state index contributed by atoms with van der Waals surface area (Å²) in [6, 6.07) is 28.8. The summed E-state index contributed by atoms with van der Waals surface area (Å²) in [6.07, 6.45) is 1.24. The van der Waals surface area contributed by atoms with Gasteiger partial charge in [0.25, 0.3) is 0 Å². The Morgan fingerprint density at radius 1 is 0.571 bits per heavy atom. The fourth-order valence-corrected chi connectivity index (χ4v) is 3.61. The van der Waals surface area contributed by atoms with E-state index < -0.39 is 11.9 Å². The highest BCUT2D eigenvalue weighted by Gasteiger charge is 2.07. The lowest BCUT2D eigenvalue weighted by Crippen LogP contribution is -2.10. The maximum atomic E-state index is 11.1. The Morgan fingerprint density at radius 3 is 1.34 bits per heavy atom. The van der Waals surface area contributed by atoms with E-state index in [-0.39, 0.29) is 11.1 Å². The minimum absolute atomic E-state index is 0.273. The van der Waals surface area contributed by atoms with E-state index in [1.807, 2.05) is 60.7 Å². The number of aromatic carboxylic acids is 2. The van der Waals surface area contributed by atoms with Gasteiger partial charge in [0.1, 0.15) is 11.5 Å². The Kier molecular flexibility index (Phi) is 7.48. The van der Waals surface area contributed by atoms with Crippen molar-refractivity contribution in [1.82, 2.24) is 0 Å². The number of hydrogen-bond donors (Lipinski definition) is 2. The van der Waals surface area contributed by atoms with Crippen molar-refractivity contribution in [2.45, 2.75) is 12.8 Å². The van der Waals surface area contributed by atoms with Crippen molar-refractivity contribution < 1.29 is 29.1 Å². The van der Waals surface area contributed by atoms with Gasteiger partial charge in [-0.2, -0.15) is 0 Å². The van der Waals surface area contributed by atoms with Gasteiger partial charge in [0.15, 0.2) is 0 Å². The molecule has 0 atom stereocenters. The first kappa shape index (κ1) is 23.6. The van der Waals surface area contributed by atoms with Crippen LogP contribution in [0.3, 0.4) is 0 Å². The maximum Gasteiger partial charge on any atom is 0.658 e. The second kappa shape index (κ2) is 11.1. The summed E-state index contributed by atoms with van der Waals surface area (Å²) in [7, 11) is 1.26. The van der Waals surface area contributed by atoms with Crippen LogP contribution in [0.4, 0.5) is 0 Å². The first-order valence-electron chi connectivity index (χ1n) is 10.9. The van der Waals surface area contributed by atoms with Crippen LogP contribution in [0.5, 0.6) is 11.5 Å². The predicted molar refractivity (Wildman–Crippen MR) is 132 cm³/mol. The highest BCUT2D eigenvalue weighted by atomic mass is 16.6. The number of carbonyl (C=O) groups is 2. The molecule has 2 N–H and O–H groups in total. The Morgan fingerprint density at radius 2 is 0.971 bits per heavy atom. The molecule has 0 unspecified atom stereocenters. The van der Waals surface area contributed by atoms with Gasteiger partial charge in [0.05, 0.1) is 11.1 Å². The zero-order valence-electron chi connectivity index (χ0n) is 18.8. The van der Waals surface area contributed by atoms with Crippen LogP contribution < -0.4 is 9.31 Å². The second-order valence-electron chi connectivity index (χ2n) is 7.98. The molecule has 0 fully saturated rings. The highest BCUT2D eigenvalue weighted by Crippen LogP contribution is 2.18. The van der Waals surface area contributed by atoms with Crippen LogP contribution in [0.15, 0.2) is 97.1 Å². The summed E-state index contributed by atoms with van der Waals surface area (Å²) >= 11 is 0. The molecule has 0 saturated carbocycles.